The van der Waals surface area contributed by atoms with E-state index < -0.39 is 0 Å². The van der Waals surface area contributed by atoms with E-state index in [-0.39, 0.29) is 11.7 Å². The van der Waals surface area contributed by atoms with Crippen LogP contribution < -0.4 is 5.32 Å². The van der Waals surface area contributed by atoms with E-state index >= 15 is 0 Å². The number of phenols is 1. The first-order valence-corrected chi connectivity index (χ1v) is 6.32. The summed E-state index contributed by atoms with van der Waals surface area (Å²) in [4.78, 5) is 14.2. The van der Waals surface area contributed by atoms with Gasteiger partial charge in [-0.2, -0.15) is 0 Å². The van der Waals surface area contributed by atoms with Crippen molar-refractivity contribution in [3.05, 3.63) is 29.3 Å². The number of rotatable bonds is 3. The van der Waals surface area contributed by atoms with Crippen LogP contribution in [-0.2, 0) is 0 Å². The zero-order valence-corrected chi connectivity index (χ0v) is 10.9. The second-order valence-electron chi connectivity index (χ2n) is 5.15. The minimum absolute atomic E-state index is 0.0519. The van der Waals surface area contributed by atoms with Crippen molar-refractivity contribution in [3.8, 4) is 5.75 Å². The van der Waals surface area contributed by atoms with E-state index in [0.717, 1.165) is 25.1 Å². The smallest absolute Gasteiger partial charge is 0.255 e. The van der Waals surface area contributed by atoms with Crippen molar-refractivity contribution in [2.75, 3.05) is 26.7 Å². The second-order valence-corrected chi connectivity index (χ2v) is 5.15. The molecule has 1 fully saturated rings. The number of aryl methyl sites for hydroxylation is 1. The summed E-state index contributed by atoms with van der Waals surface area (Å²) in [6.07, 6.45) is 1.12. The molecular weight excluding hydrogens is 228 g/mol. The molecule has 1 heterocycles. The van der Waals surface area contributed by atoms with Crippen LogP contribution in [0.15, 0.2) is 18.2 Å². The Kier molecular flexibility index (Phi) is 3.87. The quantitative estimate of drug-likeness (QED) is 0.849. The molecule has 4 heteroatoms. The van der Waals surface area contributed by atoms with Gasteiger partial charge in [0.25, 0.3) is 5.91 Å². The number of amides is 1. The van der Waals surface area contributed by atoms with Crippen LogP contribution >= 0.6 is 0 Å². The molecule has 1 atom stereocenters. The summed E-state index contributed by atoms with van der Waals surface area (Å²) in [5, 5.41) is 12.6. The summed E-state index contributed by atoms with van der Waals surface area (Å²) in [5.74, 6) is 0.379. The first kappa shape index (κ1) is 12.9. The molecule has 1 saturated heterocycles. The van der Waals surface area contributed by atoms with Gasteiger partial charge in [0, 0.05) is 13.1 Å². The van der Waals surface area contributed by atoms with Gasteiger partial charge in [0.05, 0.1) is 5.56 Å². The normalized spacial score (nSPS) is 20.0. The minimum atomic E-state index is -0.193. The molecule has 1 aromatic carbocycles. The van der Waals surface area contributed by atoms with Crippen LogP contribution in [0.4, 0.5) is 0 Å². The summed E-state index contributed by atoms with van der Waals surface area (Å²) < 4.78 is 0. The van der Waals surface area contributed by atoms with E-state index in [1.807, 2.05) is 13.0 Å². The fourth-order valence-electron chi connectivity index (χ4n) is 2.36. The van der Waals surface area contributed by atoms with E-state index in [4.69, 9.17) is 0 Å². The number of aromatic hydroxyl groups is 1. The van der Waals surface area contributed by atoms with Gasteiger partial charge in [-0.3, -0.25) is 4.79 Å². The molecule has 0 saturated carbocycles. The highest BCUT2D eigenvalue weighted by Crippen LogP contribution is 2.19. The van der Waals surface area contributed by atoms with Crippen LogP contribution in [0.1, 0.15) is 22.3 Å². The third kappa shape index (κ3) is 3.01. The van der Waals surface area contributed by atoms with E-state index in [2.05, 4.69) is 17.3 Å². The lowest BCUT2D eigenvalue weighted by atomic mass is 10.1. The van der Waals surface area contributed by atoms with Crippen molar-refractivity contribution in [2.24, 2.45) is 5.92 Å². The monoisotopic (exact) mass is 248 g/mol. The Morgan fingerprint density at radius 2 is 2.33 bits per heavy atom. The largest absolute Gasteiger partial charge is 0.507 e. The maximum atomic E-state index is 11.9. The van der Waals surface area contributed by atoms with Crippen molar-refractivity contribution < 1.29 is 9.90 Å². The number of phenolic OH excluding ortho intramolecular Hbond substituents is 1. The summed E-state index contributed by atoms with van der Waals surface area (Å²) in [6.45, 7) is 4.68. The molecule has 18 heavy (non-hydrogen) atoms. The Morgan fingerprint density at radius 1 is 1.56 bits per heavy atom. The standard InChI is InChI=1S/C14H20N2O2/c1-10-3-4-12(13(17)7-10)14(18)15-8-11-5-6-16(2)9-11/h3-4,7,11,17H,5-6,8-9H2,1-2H3,(H,15,18). The lowest BCUT2D eigenvalue weighted by Crippen LogP contribution is -2.30. The van der Waals surface area contributed by atoms with Crippen LogP contribution in [0.25, 0.3) is 0 Å². The molecule has 0 bridgehead atoms. The third-order valence-electron chi connectivity index (χ3n) is 3.44. The molecule has 1 aliphatic heterocycles. The van der Waals surface area contributed by atoms with Crippen molar-refractivity contribution in [2.45, 2.75) is 13.3 Å². The van der Waals surface area contributed by atoms with Crippen molar-refractivity contribution in [1.29, 1.82) is 0 Å². The number of likely N-dealkylation sites (tertiary alicyclic amines) is 1. The van der Waals surface area contributed by atoms with Gasteiger partial charge in [0.15, 0.2) is 0 Å². The van der Waals surface area contributed by atoms with Gasteiger partial charge >= 0.3 is 0 Å². The molecule has 1 amide bonds. The molecule has 0 radical (unpaired) electrons. The van der Waals surface area contributed by atoms with Crippen molar-refractivity contribution in [3.63, 3.8) is 0 Å². The Bertz CT molecular complexity index is 445. The average Bonchev–Trinajstić information content (AvgIpc) is 2.72. The first-order valence-electron chi connectivity index (χ1n) is 6.32. The maximum Gasteiger partial charge on any atom is 0.255 e. The summed E-state index contributed by atoms with van der Waals surface area (Å²) >= 11 is 0. The van der Waals surface area contributed by atoms with Crippen molar-refractivity contribution in [1.82, 2.24) is 10.2 Å². The first-order chi connectivity index (χ1) is 8.56. The summed E-state index contributed by atoms with van der Waals surface area (Å²) in [5.41, 5.74) is 1.30. The zero-order valence-electron chi connectivity index (χ0n) is 10.9. The lowest BCUT2D eigenvalue weighted by Gasteiger charge is -2.12. The molecule has 98 valence electrons. The van der Waals surface area contributed by atoms with E-state index in [1.165, 1.54) is 0 Å². The molecule has 2 rings (SSSR count). The summed E-state index contributed by atoms with van der Waals surface area (Å²) in [6, 6.07) is 5.11. The Labute approximate surface area is 108 Å². The fourth-order valence-corrected chi connectivity index (χ4v) is 2.36. The molecular formula is C14H20N2O2. The van der Waals surface area contributed by atoms with Gasteiger partial charge in [-0.15, -0.1) is 0 Å². The Hall–Kier alpha value is -1.55. The number of nitrogens with one attached hydrogen (secondary N) is 1. The summed E-state index contributed by atoms with van der Waals surface area (Å²) in [7, 11) is 2.09. The van der Waals surface area contributed by atoms with Gasteiger partial charge in [0.1, 0.15) is 5.75 Å². The number of carbonyl (C=O) groups excluding carboxylic acids is 1. The Morgan fingerprint density at radius 3 is 2.94 bits per heavy atom. The highest BCUT2D eigenvalue weighted by atomic mass is 16.3. The fraction of sp³-hybridized carbons (Fsp3) is 0.500. The zero-order chi connectivity index (χ0) is 13.1. The van der Waals surface area contributed by atoms with Crippen molar-refractivity contribution >= 4 is 5.91 Å². The van der Waals surface area contributed by atoms with E-state index in [0.29, 0.717) is 18.0 Å². The topological polar surface area (TPSA) is 52.6 Å². The van der Waals surface area contributed by atoms with E-state index in [9.17, 15) is 9.90 Å². The van der Waals surface area contributed by atoms with Crippen LogP contribution in [0.5, 0.6) is 5.75 Å². The van der Waals surface area contributed by atoms with E-state index in [1.54, 1.807) is 12.1 Å². The van der Waals surface area contributed by atoms with Gasteiger partial charge < -0.3 is 15.3 Å². The second kappa shape index (κ2) is 5.40. The Balaban J connectivity index is 1.91. The van der Waals surface area contributed by atoms with Crippen LogP contribution in [-0.4, -0.2) is 42.6 Å². The number of nitrogens with zero attached hydrogens (tertiary/aromatic N) is 1. The average molecular weight is 248 g/mol. The number of hydrogen-bond donors (Lipinski definition) is 2. The molecule has 0 aliphatic carbocycles. The molecule has 1 aliphatic rings. The third-order valence-corrected chi connectivity index (χ3v) is 3.44. The minimum Gasteiger partial charge on any atom is -0.507 e. The van der Waals surface area contributed by atoms with Gasteiger partial charge in [-0.05, 0) is 50.6 Å². The molecule has 0 aromatic heterocycles. The van der Waals surface area contributed by atoms with Crippen LogP contribution in [0.3, 0.4) is 0 Å². The van der Waals surface area contributed by atoms with Gasteiger partial charge in [-0.25, -0.2) is 0 Å². The van der Waals surface area contributed by atoms with Gasteiger partial charge in [0.2, 0.25) is 0 Å². The molecule has 2 N–H and O–H groups in total. The molecule has 0 spiro atoms. The highest BCUT2D eigenvalue weighted by molar-refractivity contribution is 5.96. The highest BCUT2D eigenvalue weighted by Gasteiger charge is 2.20. The number of carbonyl (C=O) groups is 1. The van der Waals surface area contributed by atoms with Crippen LogP contribution in [0.2, 0.25) is 0 Å². The maximum absolute atomic E-state index is 11.9. The number of hydrogen-bond acceptors (Lipinski definition) is 3. The van der Waals surface area contributed by atoms with Crippen LogP contribution in [0, 0.1) is 12.8 Å². The molecule has 1 unspecified atom stereocenters. The molecule has 4 nitrogen and oxygen atoms in total. The predicted octanol–water partition coefficient (Wildman–Crippen LogP) is 1.38. The molecule has 1 aromatic rings. The number of benzene rings is 1. The lowest BCUT2D eigenvalue weighted by molar-refractivity contribution is 0.0945. The van der Waals surface area contributed by atoms with Gasteiger partial charge in [-0.1, -0.05) is 6.07 Å². The SMILES string of the molecule is Cc1ccc(C(=O)NCC2CCN(C)C2)c(O)c1. The predicted molar refractivity (Wildman–Crippen MR) is 70.8 cm³/mol.